The van der Waals surface area contributed by atoms with Crippen molar-refractivity contribution in [3.63, 3.8) is 0 Å². The van der Waals surface area contributed by atoms with Gasteiger partial charge in [-0.25, -0.2) is 0 Å². The van der Waals surface area contributed by atoms with Gasteiger partial charge in [0.05, 0.1) is 18.4 Å². The summed E-state index contributed by atoms with van der Waals surface area (Å²) in [6.45, 7) is 13.5. The number of nitrogens with zero attached hydrogens (tertiary/aromatic N) is 3. The molecule has 2 atom stereocenters. The highest BCUT2D eigenvalue weighted by molar-refractivity contribution is 6.99. The highest BCUT2D eigenvalue weighted by Gasteiger charge is 2.51. The van der Waals surface area contributed by atoms with Gasteiger partial charge in [-0.1, -0.05) is 88.4 Å². The van der Waals surface area contributed by atoms with Gasteiger partial charge >= 0.3 is 0 Å². The molecule has 1 amide bonds. The van der Waals surface area contributed by atoms with Gasteiger partial charge in [0, 0.05) is 19.5 Å². The quantitative estimate of drug-likeness (QED) is 0.325. The van der Waals surface area contributed by atoms with Crippen LogP contribution in [0.5, 0.6) is 0 Å². The molecule has 2 heterocycles. The average Bonchev–Trinajstić information content (AvgIpc) is 3.37. The predicted molar refractivity (Wildman–Crippen MR) is 162 cm³/mol. The molecular formula is C33H43N3O3Si. The van der Waals surface area contributed by atoms with Crippen LogP contribution < -0.4 is 10.4 Å². The van der Waals surface area contributed by atoms with E-state index in [2.05, 4.69) is 106 Å². The van der Waals surface area contributed by atoms with Crippen molar-refractivity contribution in [2.75, 3.05) is 13.1 Å². The summed E-state index contributed by atoms with van der Waals surface area (Å²) < 4.78 is 15.1. The number of carbonyl (C=O) groups excluding carboxylic acids is 1. The molecule has 2 unspecified atom stereocenters. The topological polar surface area (TPSA) is 56.6 Å². The molecule has 0 radical (unpaired) electrons. The van der Waals surface area contributed by atoms with Crippen LogP contribution in [-0.4, -0.2) is 48.1 Å². The molecule has 1 aromatic heterocycles. The predicted octanol–water partition coefficient (Wildman–Crippen LogP) is 5.52. The zero-order valence-electron chi connectivity index (χ0n) is 24.6. The van der Waals surface area contributed by atoms with Crippen LogP contribution in [0.25, 0.3) is 0 Å². The van der Waals surface area contributed by atoms with E-state index in [0.29, 0.717) is 31.9 Å². The largest absolute Gasteiger partial charge is 0.492 e. The van der Waals surface area contributed by atoms with E-state index in [0.717, 1.165) is 36.6 Å². The van der Waals surface area contributed by atoms with Crippen molar-refractivity contribution < 1.29 is 14.0 Å². The van der Waals surface area contributed by atoms with E-state index < -0.39 is 8.32 Å². The monoisotopic (exact) mass is 557 g/mol. The van der Waals surface area contributed by atoms with Crippen molar-refractivity contribution in [2.24, 2.45) is 5.92 Å². The number of amides is 1. The Bertz CT molecular complexity index is 1290. The molecule has 7 heteroatoms. The summed E-state index contributed by atoms with van der Waals surface area (Å²) in [5.74, 6) is 1.78. The van der Waals surface area contributed by atoms with E-state index in [9.17, 15) is 4.79 Å². The summed E-state index contributed by atoms with van der Waals surface area (Å²) in [5, 5.41) is 7.05. The molecule has 212 valence electrons. The fourth-order valence-electron chi connectivity index (χ4n) is 6.12. The lowest BCUT2D eigenvalue weighted by molar-refractivity contribution is 0.0601. The molecular weight excluding hydrogens is 514 g/mol. The molecule has 6 nitrogen and oxygen atoms in total. The Morgan fingerprint density at radius 3 is 2.25 bits per heavy atom. The zero-order chi connectivity index (χ0) is 28.3. The molecule has 0 bridgehead atoms. The minimum Gasteiger partial charge on any atom is -0.492 e. The summed E-state index contributed by atoms with van der Waals surface area (Å²) in [4.78, 5) is 15.5. The lowest BCUT2D eigenvalue weighted by Gasteiger charge is -2.45. The molecule has 3 aromatic rings. The number of hydrogen-bond acceptors (Lipinski definition) is 4. The molecule has 0 fully saturated rings. The van der Waals surface area contributed by atoms with Gasteiger partial charge in [-0.2, -0.15) is 5.10 Å². The second-order valence-corrected chi connectivity index (χ2v) is 16.7. The molecule has 1 aliphatic heterocycles. The molecule has 40 heavy (non-hydrogen) atoms. The zero-order valence-corrected chi connectivity index (χ0v) is 25.6. The van der Waals surface area contributed by atoms with Gasteiger partial charge in [-0.05, 0) is 53.2 Å². The second kappa shape index (κ2) is 11.8. The Labute approximate surface area is 240 Å². The van der Waals surface area contributed by atoms with E-state index in [1.165, 1.54) is 10.4 Å². The first-order valence-electron chi connectivity index (χ1n) is 14.6. The summed E-state index contributed by atoms with van der Waals surface area (Å²) >= 11 is 0. The fraction of sp³-hybridized carbons (Fsp3) is 0.455. The number of ether oxygens (including phenoxy) is 1. The molecule has 0 saturated carbocycles. The number of aromatic nitrogens is 2. The van der Waals surface area contributed by atoms with Crippen LogP contribution in [-0.2, 0) is 22.3 Å². The van der Waals surface area contributed by atoms with Crippen molar-refractivity contribution in [1.82, 2.24) is 14.7 Å². The SMILES string of the molecule is CC1CC=C(OCc2cc3n(n2)CCN(CC(C)O[Si](c2ccccc2)(c2ccccc2)C(C)(C)C)C3=O)CC1. The summed E-state index contributed by atoms with van der Waals surface area (Å²) in [7, 11) is -2.70. The van der Waals surface area contributed by atoms with Gasteiger partial charge in [-0.3, -0.25) is 9.48 Å². The molecule has 2 aliphatic rings. The van der Waals surface area contributed by atoms with Crippen LogP contribution in [0.15, 0.2) is 78.6 Å². The molecule has 0 spiro atoms. The molecule has 1 aliphatic carbocycles. The average molecular weight is 558 g/mol. The number of carbonyl (C=O) groups is 1. The van der Waals surface area contributed by atoms with Crippen molar-refractivity contribution in [2.45, 2.75) is 78.2 Å². The number of hydrogen-bond donors (Lipinski definition) is 0. The Hall–Kier alpha value is -3.16. The summed E-state index contributed by atoms with van der Waals surface area (Å²) in [5.41, 5.74) is 1.44. The van der Waals surface area contributed by atoms with Crippen molar-refractivity contribution in [1.29, 1.82) is 0 Å². The fourth-order valence-corrected chi connectivity index (χ4v) is 10.8. The summed E-state index contributed by atoms with van der Waals surface area (Å²) in [6.07, 6.45) is 5.26. The van der Waals surface area contributed by atoms with Gasteiger partial charge < -0.3 is 14.1 Å². The van der Waals surface area contributed by atoms with Crippen LogP contribution in [0.4, 0.5) is 0 Å². The van der Waals surface area contributed by atoms with E-state index in [4.69, 9.17) is 9.16 Å². The molecule has 5 rings (SSSR count). The first kappa shape index (κ1) is 28.4. The highest BCUT2D eigenvalue weighted by atomic mass is 28.4. The number of allylic oxidation sites excluding steroid dienone is 2. The normalized spacial score (nSPS) is 18.7. The van der Waals surface area contributed by atoms with Crippen LogP contribution in [0, 0.1) is 5.92 Å². The van der Waals surface area contributed by atoms with Crippen LogP contribution >= 0.6 is 0 Å². The molecule has 2 aromatic carbocycles. The van der Waals surface area contributed by atoms with E-state index >= 15 is 0 Å². The minimum atomic E-state index is -2.70. The van der Waals surface area contributed by atoms with Gasteiger partial charge in [-0.15, -0.1) is 0 Å². The van der Waals surface area contributed by atoms with Gasteiger partial charge in [0.2, 0.25) is 0 Å². The Morgan fingerprint density at radius 2 is 1.68 bits per heavy atom. The maximum Gasteiger partial charge on any atom is 0.272 e. The van der Waals surface area contributed by atoms with Crippen LogP contribution in [0.1, 0.15) is 70.1 Å². The lowest BCUT2D eigenvalue weighted by Crippen LogP contribution is -2.68. The molecule has 0 N–H and O–H groups in total. The Morgan fingerprint density at radius 1 is 1.02 bits per heavy atom. The highest BCUT2D eigenvalue weighted by Crippen LogP contribution is 2.37. The lowest BCUT2D eigenvalue weighted by atomic mass is 9.95. The summed E-state index contributed by atoms with van der Waals surface area (Å²) in [6, 6.07) is 23.2. The van der Waals surface area contributed by atoms with Crippen molar-refractivity contribution >= 4 is 24.6 Å². The van der Waals surface area contributed by atoms with E-state index in [1.54, 1.807) is 0 Å². The van der Waals surface area contributed by atoms with Gasteiger partial charge in [0.1, 0.15) is 18.0 Å². The third-order valence-corrected chi connectivity index (χ3v) is 13.4. The third-order valence-electron chi connectivity index (χ3n) is 8.23. The maximum atomic E-state index is 13.6. The minimum absolute atomic E-state index is 0.00797. The maximum absolute atomic E-state index is 13.6. The first-order valence-corrected chi connectivity index (χ1v) is 16.5. The first-order chi connectivity index (χ1) is 19.2. The van der Waals surface area contributed by atoms with Crippen molar-refractivity contribution in [3.05, 3.63) is 90.0 Å². The third kappa shape index (κ3) is 5.81. The van der Waals surface area contributed by atoms with Crippen LogP contribution in [0.3, 0.4) is 0 Å². The van der Waals surface area contributed by atoms with E-state index in [-0.39, 0.29) is 17.0 Å². The number of fused-ring (bicyclic) bond motifs is 1. The second-order valence-electron chi connectivity index (χ2n) is 12.4. The standard InChI is InChI=1S/C33H43N3O3Si/c1-25-16-18-28(19-17-25)38-24-27-22-31-32(37)35(20-21-36(31)34-27)23-26(2)39-40(33(3,4)5,29-12-8-6-9-13-29)30-14-10-7-11-15-30/h6-15,18,22,25-26H,16-17,19-21,23-24H2,1-5H3. The number of rotatable bonds is 9. The van der Waals surface area contributed by atoms with Gasteiger partial charge in [0.15, 0.2) is 0 Å². The van der Waals surface area contributed by atoms with Crippen LogP contribution in [0.2, 0.25) is 5.04 Å². The molecule has 0 saturated heterocycles. The smallest absolute Gasteiger partial charge is 0.272 e. The van der Waals surface area contributed by atoms with Crippen molar-refractivity contribution in [3.8, 4) is 0 Å². The number of benzene rings is 2. The Kier molecular flexibility index (Phi) is 8.33. The van der Waals surface area contributed by atoms with Gasteiger partial charge in [0.25, 0.3) is 14.2 Å². The Balaban J connectivity index is 1.32. The van der Waals surface area contributed by atoms with E-state index in [1.807, 2.05) is 15.6 Å².